The zero-order valence-corrected chi connectivity index (χ0v) is 12.8. The summed E-state index contributed by atoms with van der Waals surface area (Å²) in [6, 6.07) is 7.63. The van der Waals surface area contributed by atoms with E-state index in [9.17, 15) is 9.90 Å². The second-order valence-electron chi connectivity index (χ2n) is 3.84. The van der Waals surface area contributed by atoms with Crippen LogP contribution < -0.4 is 5.32 Å². The number of carbonyl (C=O) groups is 1. The predicted molar refractivity (Wildman–Crippen MR) is 82.5 cm³/mol. The third-order valence-corrected chi connectivity index (χ3v) is 3.89. The Hall–Kier alpha value is -1.13. The fourth-order valence-electron chi connectivity index (χ4n) is 1.47. The van der Waals surface area contributed by atoms with Gasteiger partial charge in [0.05, 0.1) is 15.7 Å². The van der Waals surface area contributed by atoms with E-state index in [0.717, 1.165) is 0 Å². The standard InChI is InChI=1S/C13H7Cl4NO2/c14-7-3-1-6(2-4-7)13(20)18-9-5-8(15)12(19)11(17)10(9)16/h1-5,19H,(H,18,20). The molecule has 2 aromatic carbocycles. The van der Waals surface area contributed by atoms with Crippen molar-refractivity contribution in [2.75, 3.05) is 5.32 Å². The van der Waals surface area contributed by atoms with Crippen molar-refractivity contribution in [3.8, 4) is 5.75 Å². The second-order valence-corrected chi connectivity index (χ2v) is 5.44. The van der Waals surface area contributed by atoms with Crippen LogP contribution in [0.15, 0.2) is 30.3 Å². The number of phenols is 1. The number of amides is 1. The lowest BCUT2D eigenvalue weighted by Gasteiger charge is -2.10. The Kier molecular flexibility index (Phi) is 4.66. The maximum atomic E-state index is 12.0. The number of halogens is 4. The van der Waals surface area contributed by atoms with Gasteiger partial charge in [-0.25, -0.2) is 0 Å². The maximum Gasteiger partial charge on any atom is 0.255 e. The SMILES string of the molecule is O=C(Nc1cc(Cl)c(O)c(Cl)c1Cl)c1ccc(Cl)cc1. The van der Waals surface area contributed by atoms with Gasteiger partial charge in [0.2, 0.25) is 0 Å². The molecule has 0 unspecified atom stereocenters. The van der Waals surface area contributed by atoms with Crippen molar-refractivity contribution >= 4 is 58.0 Å². The van der Waals surface area contributed by atoms with Gasteiger partial charge in [0.1, 0.15) is 5.02 Å². The van der Waals surface area contributed by atoms with Crippen molar-refractivity contribution < 1.29 is 9.90 Å². The highest BCUT2D eigenvalue weighted by atomic mass is 35.5. The van der Waals surface area contributed by atoms with E-state index in [1.807, 2.05) is 0 Å². The number of carbonyl (C=O) groups excluding carboxylic acids is 1. The Morgan fingerprint density at radius 3 is 2.20 bits per heavy atom. The number of benzene rings is 2. The van der Waals surface area contributed by atoms with E-state index < -0.39 is 5.91 Å². The molecule has 7 heteroatoms. The van der Waals surface area contributed by atoms with Gasteiger partial charge in [0, 0.05) is 10.6 Å². The molecule has 2 rings (SSSR count). The molecule has 0 aliphatic heterocycles. The third kappa shape index (κ3) is 3.13. The van der Waals surface area contributed by atoms with Crippen LogP contribution in [0.5, 0.6) is 5.75 Å². The van der Waals surface area contributed by atoms with Gasteiger partial charge >= 0.3 is 0 Å². The molecule has 0 aliphatic carbocycles. The number of rotatable bonds is 2. The second kappa shape index (κ2) is 6.10. The van der Waals surface area contributed by atoms with Crippen molar-refractivity contribution in [1.82, 2.24) is 0 Å². The molecular weight excluding hydrogens is 344 g/mol. The molecule has 2 N–H and O–H groups in total. The summed E-state index contributed by atoms with van der Waals surface area (Å²) in [7, 11) is 0. The molecule has 0 saturated carbocycles. The van der Waals surface area contributed by atoms with Crippen molar-refractivity contribution in [3.63, 3.8) is 0 Å². The number of nitrogens with one attached hydrogen (secondary N) is 1. The molecule has 0 fully saturated rings. The number of hydrogen-bond donors (Lipinski definition) is 2. The molecular formula is C13H7Cl4NO2. The highest BCUT2D eigenvalue weighted by molar-refractivity contribution is 6.46. The smallest absolute Gasteiger partial charge is 0.255 e. The fourth-order valence-corrected chi connectivity index (χ4v) is 2.25. The lowest BCUT2D eigenvalue weighted by Crippen LogP contribution is -2.12. The van der Waals surface area contributed by atoms with Crippen LogP contribution in [0, 0.1) is 0 Å². The van der Waals surface area contributed by atoms with Gasteiger partial charge in [-0.1, -0.05) is 46.4 Å². The normalized spacial score (nSPS) is 10.4. The summed E-state index contributed by atoms with van der Waals surface area (Å²) in [6.45, 7) is 0. The Labute approximate surface area is 135 Å². The first-order chi connectivity index (χ1) is 9.40. The molecule has 0 heterocycles. The van der Waals surface area contributed by atoms with Gasteiger partial charge in [-0.15, -0.1) is 0 Å². The van der Waals surface area contributed by atoms with Gasteiger partial charge in [-0.2, -0.15) is 0 Å². The van der Waals surface area contributed by atoms with Crippen LogP contribution in [-0.2, 0) is 0 Å². The zero-order chi connectivity index (χ0) is 14.9. The van der Waals surface area contributed by atoms with E-state index in [1.54, 1.807) is 24.3 Å². The van der Waals surface area contributed by atoms with E-state index in [1.165, 1.54) is 6.07 Å². The van der Waals surface area contributed by atoms with Crippen molar-refractivity contribution in [3.05, 3.63) is 56.0 Å². The van der Waals surface area contributed by atoms with Crippen LogP contribution >= 0.6 is 46.4 Å². The molecule has 0 radical (unpaired) electrons. The summed E-state index contributed by atoms with van der Waals surface area (Å²) >= 11 is 23.3. The quantitative estimate of drug-likeness (QED) is 0.573. The van der Waals surface area contributed by atoms with Crippen molar-refractivity contribution in [2.45, 2.75) is 0 Å². The molecule has 104 valence electrons. The van der Waals surface area contributed by atoms with Gasteiger partial charge in [0.15, 0.2) is 5.75 Å². The van der Waals surface area contributed by atoms with E-state index >= 15 is 0 Å². The first kappa shape index (κ1) is 15.3. The predicted octanol–water partition coefficient (Wildman–Crippen LogP) is 5.26. The van der Waals surface area contributed by atoms with Gasteiger partial charge < -0.3 is 10.4 Å². The minimum Gasteiger partial charge on any atom is -0.505 e. The van der Waals surface area contributed by atoms with Crippen LogP contribution in [0.3, 0.4) is 0 Å². The molecule has 1 amide bonds. The molecule has 0 atom stereocenters. The summed E-state index contributed by atoms with van der Waals surface area (Å²) in [5.41, 5.74) is 0.602. The minimum absolute atomic E-state index is 0.00851. The van der Waals surface area contributed by atoms with Crippen LogP contribution in [0.4, 0.5) is 5.69 Å². The van der Waals surface area contributed by atoms with Crippen LogP contribution in [-0.4, -0.2) is 11.0 Å². The zero-order valence-electron chi connectivity index (χ0n) is 9.75. The number of phenolic OH excluding ortho intramolecular Hbond substituents is 1. The number of anilines is 1. The molecule has 0 aliphatic rings. The minimum atomic E-state index is -0.401. The molecule has 2 aromatic rings. The molecule has 3 nitrogen and oxygen atoms in total. The average Bonchev–Trinajstić information content (AvgIpc) is 2.43. The van der Waals surface area contributed by atoms with E-state index in [4.69, 9.17) is 46.4 Å². The monoisotopic (exact) mass is 349 g/mol. The van der Waals surface area contributed by atoms with E-state index in [2.05, 4.69) is 5.32 Å². The van der Waals surface area contributed by atoms with E-state index in [-0.39, 0.29) is 26.5 Å². The highest BCUT2D eigenvalue weighted by Gasteiger charge is 2.16. The first-order valence-electron chi connectivity index (χ1n) is 5.33. The molecule has 0 bridgehead atoms. The molecule has 20 heavy (non-hydrogen) atoms. The van der Waals surface area contributed by atoms with Crippen LogP contribution in [0.1, 0.15) is 10.4 Å². The third-order valence-electron chi connectivity index (χ3n) is 2.49. The summed E-state index contributed by atoms with van der Waals surface area (Å²) < 4.78 is 0. The average molecular weight is 351 g/mol. The molecule has 0 saturated heterocycles. The van der Waals surface area contributed by atoms with Gasteiger partial charge in [-0.3, -0.25) is 4.79 Å². The Bertz CT molecular complexity index is 671. The van der Waals surface area contributed by atoms with Crippen LogP contribution in [0.25, 0.3) is 0 Å². The lowest BCUT2D eigenvalue weighted by molar-refractivity contribution is 0.102. The number of aromatic hydroxyl groups is 1. The highest BCUT2D eigenvalue weighted by Crippen LogP contribution is 2.42. The summed E-state index contributed by atoms with van der Waals surface area (Å²) in [4.78, 5) is 12.0. The largest absolute Gasteiger partial charge is 0.505 e. The maximum absolute atomic E-state index is 12.0. The lowest BCUT2D eigenvalue weighted by atomic mass is 10.2. The fraction of sp³-hybridized carbons (Fsp3) is 0. The summed E-state index contributed by atoms with van der Waals surface area (Å²) in [6.07, 6.45) is 0. The summed E-state index contributed by atoms with van der Waals surface area (Å²) in [5.74, 6) is -0.732. The van der Waals surface area contributed by atoms with Crippen molar-refractivity contribution in [1.29, 1.82) is 0 Å². The van der Waals surface area contributed by atoms with E-state index in [0.29, 0.717) is 10.6 Å². The first-order valence-corrected chi connectivity index (χ1v) is 6.84. The van der Waals surface area contributed by atoms with Crippen molar-refractivity contribution in [2.24, 2.45) is 0 Å². The Morgan fingerprint density at radius 2 is 1.60 bits per heavy atom. The van der Waals surface area contributed by atoms with Gasteiger partial charge in [-0.05, 0) is 30.3 Å². The Morgan fingerprint density at radius 1 is 1.00 bits per heavy atom. The summed E-state index contributed by atoms with van der Waals surface area (Å²) in [5, 5.41) is 12.5. The molecule has 0 spiro atoms. The topological polar surface area (TPSA) is 49.3 Å². The Balaban J connectivity index is 2.31. The molecule has 0 aromatic heterocycles. The van der Waals surface area contributed by atoms with Gasteiger partial charge in [0.25, 0.3) is 5.91 Å². The van der Waals surface area contributed by atoms with Crippen LogP contribution in [0.2, 0.25) is 20.1 Å². The number of hydrogen-bond acceptors (Lipinski definition) is 2.